The number of hydrogen-bond donors (Lipinski definition) is 1. The maximum Gasteiger partial charge on any atom is 0.435 e. The highest BCUT2D eigenvalue weighted by atomic mass is 32.1. The van der Waals surface area contributed by atoms with Crippen LogP contribution in [0.2, 0.25) is 0 Å². The van der Waals surface area contributed by atoms with E-state index in [4.69, 9.17) is 0 Å². The maximum atomic E-state index is 12.6. The molecule has 1 N–H and O–H groups in total. The predicted molar refractivity (Wildman–Crippen MR) is 79.3 cm³/mol. The van der Waals surface area contributed by atoms with Crippen molar-refractivity contribution in [1.29, 1.82) is 5.26 Å². The van der Waals surface area contributed by atoms with Gasteiger partial charge < -0.3 is 5.32 Å². The quantitative estimate of drug-likeness (QED) is 0.928. The molecule has 0 radical (unpaired) electrons. The van der Waals surface area contributed by atoms with Crippen molar-refractivity contribution in [3.63, 3.8) is 0 Å². The van der Waals surface area contributed by atoms with Crippen molar-refractivity contribution >= 4 is 22.2 Å². The second kappa shape index (κ2) is 6.04. The molecule has 23 heavy (non-hydrogen) atoms. The van der Waals surface area contributed by atoms with Gasteiger partial charge in [-0.05, 0) is 18.9 Å². The Labute approximate surface area is 134 Å². The number of nitrogens with one attached hydrogen (secondary N) is 1. The predicted octanol–water partition coefficient (Wildman–Crippen LogP) is 3.50. The van der Waals surface area contributed by atoms with Crippen LogP contribution < -0.4 is 5.32 Å². The number of hydrogen-bond acceptors (Lipinski definition) is 4. The van der Waals surface area contributed by atoms with Crippen LogP contribution in [0.15, 0.2) is 6.07 Å². The minimum atomic E-state index is -4.62. The van der Waals surface area contributed by atoms with Gasteiger partial charge in [0.05, 0.1) is 5.56 Å². The van der Waals surface area contributed by atoms with E-state index in [2.05, 4.69) is 10.4 Å². The lowest BCUT2D eigenvalue weighted by molar-refractivity contribution is -0.141. The molecule has 1 amide bonds. The first kappa shape index (κ1) is 17.0. The average molecular weight is 342 g/mol. The molecular weight excluding hydrogens is 329 g/mol. The van der Waals surface area contributed by atoms with Gasteiger partial charge in [0, 0.05) is 18.0 Å². The topological polar surface area (TPSA) is 70.7 Å². The number of rotatable bonds is 3. The molecule has 0 saturated heterocycles. The second-order valence-corrected chi connectivity index (χ2v) is 6.02. The van der Waals surface area contributed by atoms with E-state index in [1.165, 1.54) is 18.4 Å². The number of amides is 1. The Balaban J connectivity index is 2.34. The monoisotopic (exact) mass is 342 g/mol. The Hall–Kier alpha value is -2.34. The lowest BCUT2D eigenvalue weighted by Gasteiger charge is -2.03. The van der Waals surface area contributed by atoms with Crippen LogP contribution >= 0.6 is 11.3 Å². The largest absolute Gasteiger partial charge is 0.435 e. The molecule has 2 aromatic heterocycles. The molecule has 2 heterocycles. The van der Waals surface area contributed by atoms with Gasteiger partial charge in [-0.25, -0.2) is 0 Å². The summed E-state index contributed by atoms with van der Waals surface area (Å²) in [5.41, 5.74) is -0.192. The molecule has 122 valence electrons. The summed E-state index contributed by atoms with van der Waals surface area (Å²) in [6.45, 7) is 3.71. The SMILES string of the molecule is CCc1c(C)sc(NC(=O)c2cc(C(F)(F)F)nn2C)c1C#N. The molecule has 0 aliphatic heterocycles. The van der Waals surface area contributed by atoms with Crippen molar-refractivity contribution in [2.24, 2.45) is 7.05 Å². The number of nitrogens with zero attached hydrogens (tertiary/aromatic N) is 3. The summed E-state index contributed by atoms with van der Waals surface area (Å²) in [5.74, 6) is -0.740. The molecule has 0 fully saturated rings. The minimum Gasteiger partial charge on any atom is -0.311 e. The van der Waals surface area contributed by atoms with Gasteiger partial charge in [-0.2, -0.15) is 23.5 Å². The smallest absolute Gasteiger partial charge is 0.311 e. The van der Waals surface area contributed by atoms with Crippen molar-refractivity contribution in [2.75, 3.05) is 5.32 Å². The van der Waals surface area contributed by atoms with Crippen LogP contribution in [0.3, 0.4) is 0 Å². The van der Waals surface area contributed by atoms with Crippen LogP contribution in [0.25, 0.3) is 0 Å². The third kappa shape index (κ3) is 3.22. The molecule has 0 aromatic carbocycles. The van der Waals surface area contributed by atoms with Gasteiger partial charge in [0.2, 0.25) is 0 Å². The fraction of sp³-hybridized carbons (Fsp3) is 0.357. The number of thiophene rings is 1. The summed E-state index contributed by atoms with van der Waals surface area (Å²) >= 11 is 1.23. The average Bonchev–Trinajstić information content (AvgIpc) is 2.98. The highest BCUT2D eigenvalue weighted by molar-refractivity contribution is 7.16. The summed E-state index contributed by atoms with van der Waals surface area (Å²) in [6, 6.07) is 2.71. The lowest BCUT2D eigenvalue weighted by atomic mass is 10.1. The van der Waals surface area contributed by atoms with Crippen molar-refractivity contribution in [3.8, 4) is 6.07 Å². The van der Waals surface area contributed by atoms with E-state index in [-0.39, 0.29) is 5.69 Å². The highest BCUT2D eigenvalue weighted by Gasteiger charge is 2.35. The van der Waals surface area contributed by atoms with E-state index in [1.807, 2.05) is 19.9 Å². The van der Waals surface area contributed by atoms with E-state index >= 15 is 0 Å². The zero-order valence-electron chi connectivity index (χ0n) is 12.6. The first-order chi connectivity index (χ1) is 10.7. The maximum absolute atomic E-state index is 12.6. The van der Waals surface area contributed by atoms with Gasteiger partial charge in [0.25, 0.3) is 5.91 Å². The van der Waals surface area contributed by atoms with Crippen LogP contribution in [0, 0.1) is 18.3 Å². The second-order valence-electron chi connectivity index (χ2n) is 4.80. The standard InChI is InChI=1S/C14H13F3N4OS/c1-4-8-7(2)23-13(9(8)6-18)19-12(22)10-5-11(14(15,16)17)20-21(10)3/h5H,4H2,1-3H3,(H,19,22). The van der Waals surface area contributed by atoms with Crippen LogP contribution in [0.5, 0.6) is 0 Å². The van der Waals surface area contributed by atoms with Gasteiger partial charge in [-0.15, -0.1) is 11.3 Å². The molecule has 0 aliphatic rings. The number of nitriles is 1. The number of carbonyl (C=O) groups is 1. The van der Waals surface area contributed by atoms with E-state index in [0.29, 0.717) is 23.1 Å². The number of alkyl halides is 3. The van der Waals surface area contributed by atoms with Crippen molar-refractivity contribution in [2.45, 2.75) is 26.4 Å². The number of aromatic nitrogens is 2. The van der Waals surface area contributed by atoms with Crippen LogP contribution in [-0.4, -0.2) is 15.7 Å². The Kier molecular flexibility index (Phi) is 4.47. The molecule has 0 spiro atoms. The number of halogens is 3. The summed E-state index contributed by atoms with van der Waals surface area (Å²) in [4.78, 5) is 13.1. The first-order valence-electron chi connectivity index (χ1n) is 6.64. The van der Waals surface area contributed by atoms with Gasteiger partial charge in [0.15, 0.2) is 5.69 Å². The molecule has 0 saturated carbocycles. The Morgan fingerprint density at radius 1 is 1.52 bits per heavy atom. The first-order valence-corrected chi connectivity index (χ1v) is 7.45. The van der Waals surface area contributed by atoms with Crippen molar-refractivity contribution in [1.82, 2.24) is 9.78 Å². The fourth-order valence-corrected chi connectivity index (χ4v) is 3.29. The zero-order chi connectivity index (χ0) is 17.4. The number of anilines is 1. The summed E-state index contributed by atoms with van der Waals surface area (Å²) in [6.07, 6.45) is -3.99. The molecule has 2 rings (SSSR count). The van der Waals surface area contributed by atoms with Crippen LogP contribution in [0.4, 0.5) is 18.2 Å². The summed E-state index contributed by atoms with van der Waals surface area (Å²) in [7, 11) is 1.26. The minimum absolute atomic E-state index is 0.231. The van der Waals surface area contributed by atoms with Gasteiger partial charge in [0.1, 0.15) is 16.8 Å². The molecule has 2 aromatic rings. The Bertz CT molecular complexity index is 798. The molecule has 0 unspecified atom stereocenters. The zero-order valence-corrected chi connectivity index (χ0v) is 13.4. The molecule has 0 atom stereocenters. The summed E-state index contributed by atoms with van der Waals surface area (Å²) in [5, 5.41) is 15.4. The van der Waals surface area contributed by atoms with Crippen molar-refractivity contribution < 1.29 is 18.0 Å². The molecule has 0 bridgehead atoms. The normalized spacial score (nSPS) is 11.3. The van der Waals surface area contributed by atoms with Gasteiger partial charge in [-0.3, -0.25) is 9.48 Å². The highest BCUT2D eigenvalue weighted by Crippen LogP contribution is 2.33. The third-order valence-corrected chi connectivity index (χ3v) is 4.37. The lowest BCUT2D eigenvalue weighted by Crippen LogP contribution is -2.16. The van der Waals surface area contributed by atoms with Gasteiger partial charge in [-0.1, -0.05) is 6.92 Å². The Morgan fingerprint density at radius 3 is 2.65 bits per heavy atom. The van der Waals surface area contributed by atoms with Crippen LogP contribution in [0.1, 0.15) is 39.1 Å². The van der Waals surface area contributed by atoms with E-state index in [9.17, 15) is 23.2 Å². The molecule has 5 nitrogen and oxygen atoms in total. The molecule has 0 aliphatic carbocycles. The van der Waals surface area contributed by atoms with Gasteiger partial charge >= 0.3 is 6.18 Å². The Morgan fingerprint density at radius 2 is 2.17 bits per heavy atom. The molecule has 9 heteroatoms. The summed E-state index contributed by atoms with van der Waals surface area (Å²) < 4.78 is 38.8. The van der Waals surface area contributed by atoms with Crippen LogP contribution in [-0.2, 0) is 19.6 Å². The number of carbonyl (C=O) groups excluding carboxylic acids is 1. The van der Waals surface area contributed by atoms with E-state index < -0.39 is 17.8 Å². The number of aryl methyl sites for hydroxylation is 2. The van der Waals surface area contributed by atoms with Crippen molar-refractivity contribution in [3.05, 3.63) is 33.5 Å². The fourth-order valence-electron chi connectivity index (χ4n) is 2.20. The molecular formula is C14H13F3N4OS. The van der Waals surface area contributed by atoms with E-state index in [0.717, 1.165) is 15.1 Å². The van der Waals surface area contributed by atoms with E-state index in [1.54, 1.807) is 0 Å². The third-order valence-electron chi connectivity index (χ3n) is 3.30.